The van der Waals surface area contributed by atoms with Crippen LogP contribution in [0.1, 0.15) is 72.9 Å². The quantitative estimate of drug-likeness (QED) is 0.242. The van der Waals surface area contributed by atoms with E-state index in [0.717, 1.165) is 25.7 Å². The van der Waals surface area contributed by atoms with Crippen LogP contribution in [0.3, 0.4) is 0 Å². The fourth-order valence-corrected chi connectivity index (χ4v) is 5.14. The van der Waals surface area contributed by atoms with Gasteiger partial charge < -0.3 is 0 Å². The topological polar surface area (TPSA) is 0 Å². The highest BCUT2D eigenvalue weighted by atomic mass is 14.3. The molecule has 4 aromatic rings. The minimum atomic E-state index is 1.02. The molecule has 0 heterocycles. The van der Waals surface area contributed by atoms with E-state index < -0.39 is 0 Å². The van der Waals surface area contributed by atoms with Gasteiger partial charge in [0.1, 0.15) is 0 Å². The fourth-order valence-electron chi connectivity index (χ4n) is 5.14. The lowest BCUT2D eigenvalue weighted by Gasteiger charge is -2.26. The van der Waals surface area contributed by atoms with Gasteiger partial charge in [0.2, 0.25) is 0 Å². The van der Waals surface area contributed by atoms with E-state index in [9.17, 15) is 0 Å². The fraction of sp³-hybridized carbons (Fsp3) is 0.250. The van der Waals surface area contributed by atoms with Crippen LogP contribution in [0.5, 0.6) is 0 Å². The molecule has 0 spiro atoms. The Hall–Kier alpha value is -3.12. The van der Waals surface area contributed by atoms with Crippen LogP contribution in [0.2, 0.25) is 0 Å². The third-order valence-corrected chi connectivity index (χ3v) is 6.81. The van der Waals surface area contributed by atoms with Gasteiger partial charge in [-0.1, -0.05) is 99.5 Å². The maximum atomic E-state index is 2.42. The molecule has 0 aromatic heterocycles. The summed E-state index contributed by atoms with van der Waals surface area (Å²) in [5, 5.41) is 5.44. The summed E-state index contributed by atoms with van der Waals surface area (Å²) < 4.78 is 0. The van der Waals surface area contributed by atoms with Gasteiger partial charge in [0.15, 0.2) is 0 Å². The molecule has 4 aromatic carbocycles. The molecule has 0 bridgehead atoms. The Morgan fingerprint density at radius 3 is 1.50 bits per heavy atom. The van der Waals surface area contributed by atoms with Gasteiger partial charge in [-0.15, -0.1) is 0 Å². The van der Waals surface area contributed by atoms with Crippen LogP contribution in [-0.4, -0.2) is 0 Å². The van der Waals surface area contributed by atoms with E-state index in [1.165, 1.54) is 67.8 Å². The highest BCUT2D eigenvalue weighted by molar-refractivity contribution is 6.06. The summed E-state index contributed by atoms with van der Waals surface area (Å²) in [4.78, 5) is 0. The van der Waals surface area contributed by atoms with Crippen molar-refractivity contribution in [2.75, 3.05) is 0 Å². The molecule has 0 unspecified atom stereocenters. The second-order valence-electron chi connectivity index (χ2n) is 9.03. The first kappa shape index (κ1) is 20.8. The lowest BCUT2D eigenvalue weighted by molar-refractivity contribution is 0.960. The van der Waals surface area contributed by atoms with E-state index in [1.807, 2.05) is 0 Å². The molecule has 160 valence electrons. The molecular weight excluding hydrogens is 384 g/mol. The van der Waals surface area contributed by atoms with Crippen LogP contribution in [0.25, 0.3) is 33.7 Å². The van der Waals surface area contributed by atoms with Crippen molar-refractivity contribution in [3.63, 3.8) is 0 Å². The Bertz CT molecular complexity index is 1230. The smallest absolute Gasteiger partial charge is 0.00137 e. The van der Waals surface area contributed by atoms with Crippen LogP contribution < -0.4 is 0 Å². The molecule has 0 saturated carbocycles. The predicted molar refractivity (Wildman–Crippen MR) is 141 cm³/mol. The molecular formula is C32H32. The van der Waals surface area contributed by atoms with Gasteiger partial charge in [-0.3, -0.25) is 0 Å². The predicted octanol–water partition coefficient (Wildman–Crippen LogP) is 9.11. The Labute approximate surface area is 192 Å². The highest BCUT2D eigenvalue weighted by Gasteiger charge is 2.23. The lowest BCUT2D eigenvalue weighted by atomic mass is 9.78. The summed E-state index contributed by atoms with van der Waals surface area (Å²) in [6.45, 7) is 4.51. The van der Waals surface area contributed by atoms with Gasteiger partial charge in [0, 0.05) is 0 Å². The SMILES string of the molecule is CCC/C=C/c1c2c(c(/C=C/CCC)c3cc4ccccc4cc13)Cc1ccccc1C2. The molecule has 0 amide bonds. The van der Waals surface area contributed by atoms with E-state index in [4.69, 9.17) is 0 Å². The monoisotopic (exact) mass is 416 g/mol. The largest absolute Gasteiger partial charge is 0.0839 e. The number of rotatable bonds is 6. The molecule has 0 N–H and O–H groups in total. The summed E-state index contributed by atoms with van der Waals surface area (Å²) >= 11 is 0. The van der Waals surface area contributed by atoms with E-state index >= 15 is 0 Å². The van der Waals surface area contributed by atoms with E-state index in [1.54, 1.807) is 0 Å². The number of benzene rings is 4. The molecule has 32 heavy (non-hydrogen) atoms. The first-order valence-electron chi connectivity index (χ1n) is 12.2. The Kier molecular flexibility index (Phi) is 5.95. The molecule has 0 heteroatoms. The Morgan fingerprint density at radius 2 is 1.06 bits per heavy atom. The molecule has 1 aliphatic carbocycles. The number of hydrogen-bond acceptors (Lipinski definition) is 0. The zero-order valence-corrected chi connectivity index (χ0v) is 19.3. The molecule has 0 aliphatic heterocycles. The van der Waals surface area contributed by atoms with Crippen LogP contribution in [0.4, 0.5) is 0 Å². The standard InChI is InChI=1S/C32H32/c1-3-5-7-17-27-29-19-23-13-9-11-15-25(23)21-31(29)28(18-8-6-4-2)32-22-26-16-12-10-14-24(26)20-30(27)32/h7-19,21H,3-6,20,22H2,1-2H3/b17-7+,18-8+. The highest BCUT2D eigenvalue weighted by Crippen LogP contribution is 2.40. The van der Waals surface area contributed by atoms with Crippen molar-refractivity contribution in [1.82, 2.24) is 0 Å². The molecule has 1 aliphatic rings. The van der Waals surface area contributed by atoms with Gasteiger partial charge in [0.25, 0.3) is 0 Å². The van der Waals surface area contributed by atoms with Crippen molar-refractivity contribution in [2.45, 2.75) is 52.4 Å². The first-order chi connectivity index (χ1) is 15.8. The molecule has 0 saturated heterocycles. The number of hydrogen-bond donors (Lipinski definition) is 0. The van der Waals surface area contributed by atoms with E-state index in [0.29, 0.717) is 0 Å². The van der Waals surface area contributed by atoms with Crippen LogP contribution in [0.15, 0.2) is 72.8 Å². The van der Waals surface area contributed by atoms with Gasteiger partial charge >= 0.3 is 0 Å². The molecule has 0 nitrogen and oxygen atoms in total. The number of allylic oxidation sites excluding steroid dienone is 2. The molecule has 0 radical (unpaired) electrons. The van der Waals surface area contributed by atoms with Crippen molar-refractivity contribution < 1.29 is 0 Å². The summed E-state index contributed by atoms with van der Waals surface area (Å²) in [6, 6.07) is 22.6. The first-order valence-corrected chi connectivity index (χ1v) is 12.2. The average molecular weight is 417 g/mol. The molecule has 0 fully saturated rings. The minimum absolute atomic E-state index is 1.02. The lowest BCUT2D eigenvalue weighted by Crippen LogP contribution is -2.11. The van der Waals surface area contributed by atoms with Gasteiger partial charge in [0.05, 0.1) is 0 Å². The summed E-state index contributed by atoms with van der Waals surface area (Å²) in [5.41, 5.74) is 8.86. The van der Waals surface area contributed by atoms with Crippen LogP contribution in [-0.2, 0) is 12.8 Å². The van der Waals surface area contributed by atoms with E-state index in [-0.39, 0.29) is 0 Å². The van der Waals surface area contributed by atoms with E-state index in [2.05, 4.69) is 98.8 Å². The molecule has 0 atom stereocenters. The van der Waals surface area contributed by atoms with Crippen molar-refractivity contribution >= 4 is 33.7 Å². The molecule has 5 rings (SSSR count). The summed E-state index contributed by atoms with van der Waals surface area (Å²) in [6.07, 6.45) is 16.2. The van der Waals surface area contributed by atoms with Crippen LogP contribution >= 0.6 is 0 Å². The normalized spacial score (nSPS) is 13.3. The van der Waals surface area contributed by atoms with Crippen molar-refractivity contribution in [3.05, 3.63) is 106 Å². The Morgan fingerprint density at radius 1 is 0.625 bits per heavy atom. The zero-order valence-electron chi connectivity index (χ0n) is 19.3. The summed E-state index contributed by atoms with van der Waals surface area (Å²) in [7, 11) is 0. The van der Waals surface area contributed by atoms with Gasteiger partial charge in [-0.05, 0) is 92.7 Å². The Balaban J connectivity index is 1.85. The maximum Gasteiger partial charge on any atom is -0.00137 e. The minimum Gasteiger partial charge on any atom is -0.0839 e. The second-order valence-corrected chi connectivity index (χ2v) is 9.03. The third-order valence-electron chi connectivity index (χ3n) is 6.81. The van der Waals surface area contributed by atoms with Crippen LogP contribution in [0, 0.1) is 0 Å². The van der Waals surface area contributed by atoms with Gasteiger partial charge in [-0.25, -0.2) is 0 Å². The van der Waals surface area contributed by atoms with Gasteiger partial charge in [-0.2, -0.15) is 0 Å². The number of fused-ring (bicyclic) bond motifs is 4. The second kappa shape index (κ2) is 9.17. The van der Waals surface area contributed by atoms with Crippen molar-refractivity contribution in [1.29, 1.82) is 0 Å². The summed E-state index contributed by atoms with van der Waals surface area (Å²) in [5.74, 6) is 0. The van der Waals surface area contributed by atoms with Crippen molar-refractivity contribution in [3.8, 4) is 0 Å². The average Bonchev–Trinajstić information content (AvgIpc) is 2.83. The van der Waals surface area contributed by atoms with Crippen molar-refractivity contribution in [2.24, 2.45) is 0 Å². The number of unbranched alkanes of at least 4 members (excludes halogenated alkanes) is 2. The zero-order chi connectivity index (χ0) is 21.9. The maximum absolute atomic E-state index is 2.42. The third kappa shape index (κ3) is 3.79.